The highest BCUT2D eigenvalue weighted by Gasteiger charge is 2.40. The largest absolute Gasteiger partial charge is 0.379 e. The van der Waals surface area contributed by atoms with Crippen molar-refractivity contribution < 1.29 is 9.47 Å². The van der Waals surface area contributed by atoms with Gasteiger partial charge in [0, 0.05) is 26.1 Å². The third-order valence-electron chi connectivity index (χ3n) is 3.33. The van der Waals surface area contributed by atoms with Gasteiger partial charge in [0.25, 0.3) is 0 Å². The van der Waals surface area contributed by atoms with Gasteiger partial charge in [-0.2, -0.15) is 0 Å². The Morgan fingerprint density at radius 2 is 2.07 bits per heavy atom. The fourth-order valence-corrected chi connectivity index (χ4v) is 2.40. The molecule has 15 heavy (non-hydrogen) atoms. The van der Waals surface area contributed by atoms with Gasteiger partial charge in [0.15, 0.2) is 0 Å². The second-order valence-electron chi connectivity index (χ2n) is 4.09. The van der Waals surface area contributed by atoms with Gasteiger partial charge in [-0.15, -0.1) is 0 Å². The Balaban J connectivity index is 2.19. The van der Waals surface area contributed by atoms with Crippen LogP contribution >= 0.6 is 0 Å². The summed E-state index contributed by atoms with van der Waals surface area (Å²) in [5.41, 5.74) is -0.265. The standard InChI is InChI=1S/C12H19NO2/c1-11-5-3-4-6-12(11,14-2)13-7-9-15-10-8-13/h3-6,11H,7-10H2,1-2H3. The van der Waals surface area contributed by atoms with Gasteiger partial charge >= 0.3 is 0 Å². The highest BCUT2D eigenvalue weighted by molar-refractivity contribution is 5.21. The summed E-state index contributed by atoms with van der Waals surface area (Å²) in [7, 11) is 1.79. The molecule has 2 aliphatic rings. The number of hydrogen-bond donors (Lipinski definition) is 0. The van der Waals surface area contributed by atoms with Gasteiger partial charge < -0.3 is 9.47 Å². The van der Waals surface area contributed by atoms with E-state index in [9.17, 15) is 0 Å². The summed E-state index contributed by atoms with van der Waals surface area (Å²) in [4.78, 5) is 2.36. The van der Waals surface area contributed by atoms with Crippen molar-refractivity contribution in [3.05, 3.63) is 24.3 Å². The van der Waals surface area contributed by atoms with Crippen molar-refractivity contribution in [1.82, 2.24) is 4.90 Å². The van der Waals surface area contributed by atoms with Crippen molar-refractivity contribution in [2.45, 2.75) is 12.6 Å². The Kier molecular flexibility index (Phi) is 3.24. The molecule has 0 aromatic rings. The predicted molar refractivity (Wildman–Crippen MR) is 59.6 cm³/mol. The van der Waals surface area contributed by atoms with Crippen LogP contribution in [0.3, 0.4) is 0 Å². The molecule has 84 valence electrons. The van der Waals surface area contributed by atoms with Crippen LogP contribution in [0, 0.1) is 5.92 Å². The molecule has 0 N–H and O–H groups in total. The van der Waals surface area contributed by atoms with Crippen molar-refractivity contribution in [1.29, 1.82) is 0 Å². The summed E-state index contributed by atoms with van der Waals surface area (Å²) in [6.07, 6.45) is 8.50. The van der Waals surface area contributed by atoms with Crippen LogP contribution in [-0.2, 0) is 9.47 Å². The highest BCUT2D eigenvalue weighted by Crippen LogP contribution is 2.32. The number of nitrogens with zero attached hydrogens (tertiary/aromatic N) is 1. The van der Waals surface area contributed by atoms with Crippen molar-refractivity contribution >= 4 is 0 Å². The van der Waals surface area contributed by atoms with Gasteiger partial charge in [0.05, 0.1) is 13.2 Å². The molecule has 0 aromatic carbocycles. The lowest BCUT2D eigenvalue weighted by Crippen LogP contribution is -2.57. The summed E-state index contributed by atoms with van der Waals surface area (Å²) < 4.78 is 11.1. The quantitative estimate of drug-likeness (QED) is 0.686. The van der Waals surface area contributed by atoms with Gasteiger partial charge in [-0.1, -0.05) is 25.2 Å². The Bertz CT molecular complexity index is 269. The zero-order valence-corrected chi connectivity index (χ0v) is 9.48. The van der Waals surface area contributed by atoms with Crippen LogP contribution in [0.4, 0.5) is 0 Å². The van der Waals surface area contributed by atoms with Gasteiger partial charge in [-0.3, -0.25) is 4.90 Å². The lowest BCUT2D eigenvalue weighted by molar-refractivity contribution is -0.150. The number of hydrogen-bond acceptors (Lipinski definition) is 3. The van der Waals surface area contributed by atoms with E-state index in [0.29, 0.717) is 5.92 Å². The van der Waals surface area contributed by atoms with Crippen molar-refractivity contribution in [3.63, 3.8) is 0 Å². The lowest BCUT2D eigenvalue weighted by atomic mass is 9.90. The molecule has 0 bridgehead atoms. The van der Waals surface area contributed by atoms with E-state index >= 15 is 0 Å². The van der Waals surface area contributed by atoms with Crippen LogP contribution in [0.25, 0.3) is 0 Å². The average molecular weight is 209 g/mol. The number of morpholine rings is 1. The molecule has 0 radical (unpaired) electrons. The maximum absolute atomic E-state index is 5.76. The second kappa shape index (κ2) is 4.47. The molecular formula is C12H19NO2. The molecule has 1 fully saturated rings. The first-order chi connectivity index (χ1) is 7.29. The molecule has 0 aromatic heterocycles. The molecule has 2 unspecified atom stereocenters. The molecule has 3 nitrogen and oxygen atoms in total. The smallest absolute Gasteiger partial charge is 0.146 e. The van der Waals surface area contributed by atoms with Crippen LogP contribution in [-0.4, -0.2) is 44.0 Å². The lowest BCUT2D eigenvalue weighted by Gasteiger charge is -2.46. The monoisotopic (exact) mass is 209 g/mol. The fraction of sp³-hybridized carbons (Fsp3) is 0.667. The van der Waals surface area contributed by atoms with Gasteiger partial charge in [-0.25, -0.2) is 0 Å². The molecule has 3 heteroatoms. The molecule has 0 amide bonds. The zero-order chi connectivity index (χ0) is 10.7. The minimum atomic E-state index is -0.265. The summed E-state index contributed by atoms with van der Waals surface area (Å²) in [6, 6.07) is 0. The Hall–Kier alpha value is -0.640. The summed E-state index contributed by atoms with van der Waals surface area (Å²) in [5, 5.41) is 0. The van der Waals surface area contributed by atoms with Gasteiger partial charge in [0.1, 0.15) is 5.72 Å². The molecule has 0 saturated carbocycles. The predicted octanol–water partition coefficient (Wildman–Crippen LogP) is 1.42. The highest BCUT2D eigenvalue weighted by atomic mass is 16.5. The molecule has 1 saturated heterocycles. The summed E-state index contributed by atoms with van der Waals surface area (Å²) >= 11 is 0. The van der Waals surface area contributed by atoms with Crippen LogP contribution in [0.15, 0.2) is 24.3 Å². The molecule has 2 rings (SSSR count). The van der Waals surface area contributed by atoms with Crippen LogP contribution in [0.5, 0.6) is 0 Å². The van der Waals surface area contributed by atoms with Crippen molar-refractivity contribution in [2.75, 3.05) is 33.4 Å². The molecule has 0 spiro atoms. The van der Waals surface area contributed by atoms with E-state index in [-0.39, 0.29) is 5.72 Å². The van der Waals surface area contributed by atoms with E-state index in [0.717, 1.165) is 26.3 Å². The molecule has 1 heterocycles. The fourth-order valence-electron chi connectivity index (χ4n) is 2.40. The van der Waals surface area contributed by atoms with Gasteiger partial charge in [0.2, 0.25) is 0 Å². The van der Waals surface area contributed by atoms with Crippen molar-refractivity contribution in [3.8, 4) is 0 Å². The second-order valence-corrected chi connectivity index (χ2v) is 4.09. The zero-order valence-electron chi connectivity index (χ0n) is 9.48. The third-order valence-corrected chi connectivity index (χ3v) is 3.33. The van der Waals surface area contributed by atoms with Crippen LogP contribution < -0.4 is 0 Å². The van der Waals surface area contributed by atoms with Crippen LogP contribution in [0.2, 0.25) is 0 Å². The first kappa shape index (κ1) is 10.9. The number of allylic oxidation sites excluding steroid dienone is 2. The van der Waals surface area contributed by atoms with E-state index in [1.165, 1.54) is 0 Å². The van der Waals surface area contributed by atoms with E-state index in [1.54, 1.807) is 7.11 Å². The normalized spacial score (nSPS) is 37.1. The number of ether oxygens (including phenoxy) is 2. The topological polar surface area (TPSA) is 21.7 Å². The minimum Gasteiger partial charge on any atom is -0.379 e. The maximum Gasteiger partial charge on any atom is 0.146 e. The average Bonchev–Trinajstić information content (AvgIpc) is 2.31. The molecule has 1 aliphatic heterocycles. The first-order valence-electron chi connectivity index (χ1n) is 5.53. The maximum atomic E-state index is 5.76. The van der Waals surface area contributed by atoms with Crippen LogP contribution in [0.1, 0.15) is 6.92 Å². The van der Waals surface area contributed by atoms with Gasteiger partial charge in [-0.05, 0) is 6.08 Å². The number of methoxy groups -OCH3 is 1. The van der Waals surface area contributed by atoms with Crippen molar-refractivity contribution in [2.24, 2.45) is 5.92 Å². The Morgan fingerprint density at radius 3 is 2.67 bits per heavy atom. The molecule has 2 atom stereocenters. The van der Waals surface area contributed by atoms with E-state index in [1.807, 2.05) is 0 Å². The molecular weight excluding hydrogens is 190 g/mol. The Morgan fingerprint density at radius 1 is 1.33 bits per heavy atom. The number of rotatable bonds is 2. The van der Waals surface area contributed by atoms with E-state index in [2.05, 4.69) is 36.1 Å². The van der Waals surface area contributed by atoms with E-state index < -0.39 is 0 Å². The SMILES string of the molecule is COC1(N2CCOCC2)C=CC=CC1C. The third kappa shape index (κ3) is 1.87. The summed E-state index contributed by atoms with van der Waals surface area (Å²) in [5.74, 6) is 0.380. The molecule has 1 aliphatic carbocycles. The first-order valence-corrected chi connectivity index (χ1v) is 5.53. The minimum absolute atomic E-state index is 0.265. The Labute approximate surface area is 91.3 Å². The summed E-state index contributed by atoms with van der Waals surface area (Å²) in [6.45, 7) is 5.68. The van der Waals surface area contributed by atoms with E-state index in [4.69, 9.17) is 9.47 Å².